The van der Waals surface area contributed by atoms with Crippen molar-refractivity contribution >= 4 is 29.2 Å². The molecule has 2 rings (SSSR count). The minimum Gasteiger partial charge on any atom is -0.334 e. The van der Waals surface area contributed by atoms with Gasteiger partial charge in [-0.05, 0) is 25.5 Å². The first-order chi connectivity index (χ1) is 13.7. The molecule has 1 aromatic carbocycles. The summed E-state index contributed by atoms with van der Waals surface area (Å²) in [5.74, 6) is 0.273. The van der Waals surface area contributed by atoms with Crippen molar-refractivity contribution in [3.8, 4) is 5.69 Å². The summed E-state index contributed by atoms with van der Waals surface area (Å²) < 4.78 is 1.65. The maximum absolute atomic E-state index is 12.7. The van der Waals surface area contributed by atoms with Crippen LogP contribution in [-0.4, -0.2) is 39.6 Å². The predicted molar refractivity (Wildman–Crippen MR) is 118 cm³/mol. The molecule has 0 saturated carbocycles. The van der Waals surface area contributed by atoms with Gasteiger partial charge < -0.3 is 10.2 Å². The van der Waals surface area contributed by atoms with Gasteiger partial charge in [-0.3, -0.25) is 9.59 Å². The molecule has 0 aliphatic heterocycles. The molecule has 1 N–H and O–H groups in total. The topological polar surface area (TPSA) is 67.2 Å². The number of carbonyl (C=O) groups excluding carboxylic acids is 2. The summed E-state index contributed by atoms with van der Waals surface area (Å²) in [7, 11) is 0. The molecule has 1 heterocycles. The Hall–Kier alpha value is -2.34. The third-order valence-electron chi connectivity index (χ3n) is 4.64. The van der Waals surface area contributed by atoms with Gasteiger partial charge in [0, 0.05) is 24.4 Å². The molecule has 29 heavy (non-hydrogen) atoms. The zero-order chi connectivity index (χ0) is 21.6. The lowest BCUT2D eigenvalue weighted by Gasteiger charge is -2.20. The van der Waals surface area contributed by atoms with Gasteiger partial charge in [-0.15, -0.1) is 0 Å². The Balaban J connectivity index is 2.27. The molecule has 0 fully saturated rings. The lowest BCUT2D eigenvalue weighted by Crippen LogP contribution is -2.38. The fourth-order valence-corrected chi connectivity index (χ4v) is 3.08. The minimum atomic E-state index is -0.259. The van der Waals surface area contributed by atoms with Crippen LogP contribution in [0, 0.1) is 0 Å². The van der Waals surface area contributed by atoms with E-state index in [2.05, 4.69) is 31.2 Å². The van der Waals surface area contributed by atoms with Crippen molar-refractivity contribution in [2.24, 2.45) is 0 Å². The number of hydrogen-bond acceptors (Lipinski definition) is 3. The van der Waals surface area contributed by atoms with Gasteiger partial charge in [0.25, 0.3) is 0 Å². The predicted octanol–water partition coefficient (Wildman–Crippen LogP) is 4.80. The smallest absolute Gasteiger partial charge is 0.245 e. The Morgan fingerprint density at radius 2 is 1.90 bits per heavy atom. The first kappa shape index (κ1) is 22.9. The van der Waals surface area contributed by atoms with Gasteiger partial charge in [-0.25, -0.2) is 4.68 Å². The van der Waals surface area contributed by atoms with Crippen molar-refractivity contribution in [2.45, 2.75) is 59.3 Å². The zero-order valence-corrected chi connectivity index (χ0v) is 18.7. The fraction of sp³-hybridized carbons (Fsp3) is 0.500. The largest absolute Gasteiger partial charge is 0.334 e. The van der Waals surface area contributed by atoms with Gasteiger partial charge in [0.2, 0.25) is 11.8 Å². The summed E-state index contributed by atoms with van der Waals surface area (Å²) in [4.78, 5) is 26.6. The van der Waals surface area contributed by atoms with E-state index in [-0.39, 0.29) is 23.8 Å². The highest BCUT2D eigenvalue weighted by Gasteiger charge is 2.23. The molecule has 0 atom stereocenters. The number of nitrogens with one attached hydrogen (secondary N) is 1. The van der Waals surface area contributed by atoms with E-state index in [1.807, 2.05) is 38.1 Å². The van der Waals surface area contributed by atoms with Crippen LogP contribution < -0.4 is 5.32 Å². The highest BCUT2D eigenvalue weighted by atomic mass is 35.5. The van der Waals surface area contributed by atoms with E-state index in [9.17, 15) is 9.59 Å². The SMILES string of the molecule is CCCCC(=O)N(CC)CC(=O)Nc1cc(C(C)(C)C)nn1-c1ccccc1Cl. The maximum Gasteiger partial charge on any atom is 0.245 e. The number of amides is 2. The Morgan fingerprint density at radius 1 is 1.21 bits per heavy atom. The van der Waals surface area contributed by atoms with Crippen LogP contribution in [0.1, 0.15) is 59.6 Å². The average Bonchev–Trinajstić information content (AvgIpc) is 3.08. The van der Waals surface area contributed by atoms with E-state index in [1.165, 1.54) is 0 Å². The monoisotopic (exact) mass is 418 g/mol. The highest BCUT2D eigenvalue weighted by Crippen LogP contribution is 2.29. The Labute approximate surface area is 178 Å². The molecule has 1 aromatic heterocycles. The summed E-state index contributed by atoms with van der Waals surface area (Å²) in [5.41, 5.74) is 1.32. The molecule has 0 aliphatic rings. The number of aromatic nitrogens is 2. The van der Waals surface area contributed by atoms with E-state index in [4.69, 9.17) is 11.6 Å². The molecule has 158 valence electrons. The number of carbonyl (C=O) groups is 2. The lowest BCUT2D eigenvalue weighted by atomic mass is 9.92. The molecule has 0 unspecified atom stereocenters. The number of halogens is 1. The number of nitrogens with zero attached hydrogens (tertiary/aromatic N) is 3. The van der Waals surface area contributed by atoms with E-state index < -0.39 is 0 Å². The zero-order valence-electron chi connectivity index (χ0n) is 18.0. The van der Waals surface area contributed by atoms with Crippen molar-refractivity contribution in [3.63, 3.8) is 0 Å². The summed E-state index contributed by atoms with van der Waals surface area (Å²) >= 11 is 6.36. The fourth-order valence-electron chi connectivity index (χ4n) is 2.86. The number of hydrogen-bond donors (Lipinski definition) is 1. The molecule has 0 radical (unpaired) electrons. The first-order valence-corrected chi connectivity index (χ1v) is 10.5. The molecular formula is C22H31ClN4O2. The van der Waals surface area contributed by atoms with Crippen LogP contribution in [0.5, 0.6) is 0 Å². The van der Waals surface area contributed by atoms with Crippen LogP contribution in [-0.2, 0) is 15.0 Å². The molecule has 2 amide bonds. The average molecular weight is 419 g/mol. The molecule has 2 aromatic rings. The number of anilines is 1. The maximum atomic E-state index is 12.7. The third-order valence-corrected chi connectivity index (χ3v) is 4.96. The summed E-state index contributed by atoms with van der Waals surface area (Å²) in [5, 5.41) is 8.13. The van der Waals surface area contributed by atoms with Crippen molar-refractivity contribution in [2.75, 3.05) is 18.4 Å². The normalized spacial score (nSPS) is 11.4. The minimum absolute atomic E-state index is 0.000470. The Bertz CT molecular complexity index is 855. The molecule has 0 aliphatic carbocycles. The number of para-hydroxylation sites is 1. The van der Waals surface area contributed by atoms with Gasteiger partial charge in [0.05, 0.1) is 22.9 Å². The van der Waals surface area contributed by atoms with E-state index in [1.54, 1.807) is 15.6 Å². The summed E-state index contributed by atoms with van der Waals surface area (Å²) in [6, 6.07) is 9.21. The van der Waals surface area contributed by atoms with E-state index in [0.717, 1.165) is 18.5 Å². The molecule has 0 bridgehead atoms. The second-order valence-electron chi connectivity index (χ2n) is 8.09. The standard InChI is InChI=1S/C22H31ClN4O2/c1-6-8-13-21(29)26(7-2)15-20(28)24-19-14-18(22(3,4)5)25-27(19)17-12-10-9-11-16(17)23/h9-12,14H,6-8,13,15H2,1-5H3,(H,24,28). The molecule has 6 nitrogen and oxygen atoms in total. The molecule has 7 heteroatoms. The first-order valence-electron chi connectivity index (χ1n) is 10.1. The molecule has 0 saturated heterocycles. The van der Waals surface area contributed by atoms with E-state index in [0.29, 0.717) is 29.5 Å². The molecular weight excluding hydrogens is 388 g/mol. The van der Waals surface area contributed by atoms with Gasteiger partial charge in [-0.1, -0.05) is 57.8 Å². The van der Waals surface area contributed by atoms with E-state index >= 15 is 0 Å². The van der Waals surface area contributed by atoms with Gasteiger partial charge in [-0.2, -0.15) is 5.10 Å². The van der Waals surface area contributed by atoms with Gasteiger partial charge in [0.15, 0.2) is 0 Å². The third kappa shape index (κ3) is 6.07. The lowest BCUT2D eigenvalue weighted by molar-refractivity contribution is -0.134. The number of benzene rings is 1. The van der Waals surface area contributed by atoms with Crippen LogP contribution in [0.2, 0.25) is 5.02 Å². The van der Waals surface area contributed by atoms with Crippen LogP contribution in [0.3, 0.4) is 0 Å². The number of likely N-dealkylation sites (N-methyl/N-ethyl adjacent to an activating group) is 1. The van der Waals surface area contributed by atoms with Crippen molar-refractivity contribution in [1.29, 1.82) is 0 Å². The Kier molecular flexibility index (Phi) is 7.85. The molecule has 0 spiro atoms. The summed E-state index contributed by atoms with van der Waals surface area (Å²) in [6.07, 6.45) is 2.23. The van der Waals surface area contributed by atoms with Crippen LogP contribution in [0.15, 0.2) is 30.3 Å². The van der Waals surface area contributed by atoms with Gasteiger partial charge in [0.1, 0.15) is 5.82 Å². The van der Waals surface area contributed by atoms with Crippen molar-refractivity contribution in [1.82, 2.24) is 14.7 Å². The number of unbranched alkanes of at least 4 members (excludes halogenated alkanes) is 1. The van der Waals surface area contributed by atoms with Crippen LogP contribution >= 0.6 is 11.6 Å². The quantitative estimate of drug-likeness (QED) is 0.669. The Morgan fingerprint density at radius 3 is 2.48 bits per heavy atom. The second-order valence-corrected chi connectivity index (χ2v) is 8.49. The summed E-state index contributed by atoms with van der Waals surface area (Å²) in [6.45, 7) is 10.6. The highest BCUT2D eigenvalue weighted by molar-refractivity contribution is 6.32. The van der Waals surface area contributed by atoms with Crippen LogP contribution in [0.4, 0.5) is 5.82 Å². The van der Waals surface area contributed by atoms with Crippen molar-refractivity contribution < 1.29 is 9.59 Å². The van der Waals surface area contributed by atoms with Crippen LogP contribution in [0.25, 0.3) is 5.69 Å². The second kappa shape index (κ2) is 9.92. The number of rotatable bonds is 8. The van der Waals surface area contributed by atoms with Crippen molar-refractivity contribution in [3.05, 3.63) is 41.0 Å². The van der Waals surface area contributed by atoms with Gasteiger partial charge >= 0.3 is 0 Å².